The lowest BCUT2D eigenvalue weighted by molar-refractivity contribution is -0.160. The number of hydrogen-bond donors (Lipinski definition) is 2. The number of likely N-dealkylation sites (tertiary alicyclic amines) is 1. The minimum Gasteiger partial charge on any atom is -0.460 e. The van der Waals surface area contributed by atoms with Gasteiger partial charge in [0.25, 0.3) is 0 Å². The number of aliphatic hydroxyl groups excluding tert-OH is 1. The number of nitrogens with zero attached hydrogens (tertiary/aromatic N) is 2. The average Bonchev–Trinajstić information content (AvgIpc) is 3.59. The first-order valence-electron chi connectivity index (χ1n) is 14.9. The van der Waals surface area contributed by atoms with Gasteiger partial charge in [-0.05, 0) is 31.7 Å². The van der Waals surface area contributed by atoms with Crippen LogP contribution >= 0.6 is 15.9 Å². The van der Waals surface area contributed by atoms with E-state index in [1.807, 2.05) is 37.3 Å². The Bertz CT molecular complexity index is 1210. The smallest absolute Gasteiger partial charge is 0.312 e. The first-order chi connectivity index (χ1) is 20.6. The summed E-state index contributed by atoms with van der Waals surface area (Å²) in [6.45, 7) is 11.3. The van der Waals surface area contributed by atoms with Gasteiger partial charge in [0.05, 0.1) is 37.1 Å². The molecule has 234 valence electrons. The molecule has 2 N–H and O–H groups in total. The summed E-state index contributed by atoms with van der Waals surface area (Å²) in [6, 6.07) is 7.85. The number of fused-ring (bicyclic) bond motifs is 1. The van der Waals surface area contributed by atoms with Crippen LogP contribution in [-0.4, -0.2) is 93.0 Å². The average molecular weight is 661 g/mol. The predicted molar refractivity (Wildman–Crippen MR) is 164 cm³/mol. The second kappa shape index (κ2) is 14.2. The quantitative estimate of drug-likeness (QED) is 0.169. The van der Waals surface area contributed by atoms with E-state index < -0.39 is 53.6 Å². The van der Waals surface area contributed by atoms with E-state index in [4.69, 9.17) is 9.47 Å². The first-order valence-corrected chi connectivity index (χ1v) is 15.8. The summed E-state index contributed by atoms with van der Waals surface area (Å²) in [5.74, 6) is -3.42. The molecule has 43 heavy (non-hydrogen) atoms. The van der Waals surface area contributed by atoms with Crippen LogP contribution < -0.4 is 5.32 Å². The van der Waals surface area contributed by atoms with Gasteiger partial charge in [-0.3, -0.25) is 19.2 Å². The van der Waals surface area contributed by atoms with Crippen LogP contribution in [0, 0.1) is 11.8 Å². The molecule has 2 bridgehead atoms. The summed E-state index contributed by atoms with van der Waals surface area (Å²) in [6.07, 6.45) is 3.55. The minimum atomic E-state index is -1.28. The van der Waals surface area contributed by atoms with Crippen LogP contribution in [0.5, 0.6) is 0 Å². The van der Waals surface area contributed by atoms with Gasteiger partial charge in [-0.1, -0.05) is 65.3 Å². The van der Waals surface area contributed by atoms with Gasteiger partial charge in [-0.25, -0.2) is 0 Å². The zero-order chi connectivity index (χ0) is 31.3. The molecule has 1 spiro atoms. The van der Waals surface area contributed by atoms with Gasteiger partial charge in [0.15, 0.2) is 0 Å². The zero-order valence-corrected chi connectivity index (χ0v) is 26.4. The summed E-state index contributed by atoms with van der Waals surface area (Å²) in [5, 5.41) is 13.0. The molecule has 11 heteroatoms. The molecule has 1 unspecified atom stereocenters. The highest BCUT2D eigenvalue weighted by Crippen LogP contribution is 2.60. The number of allylic oxidation sites excluding steroid dienone is 1. The van der Waals surface area contributed by atoms with Crippen LogP contribution in [0.4, 0.5) is 0 Å². The maximum atomic E-state index is 14.5. The molecule has 10 nitrogen and oxygen atoms in total. The lowest BCUT2D eigenvalue weighted by Crippen LogP contribution is -2.58. The Balaban J connectivity index is 1.63. The number of benzene rings is 1. The van der Waals surface area contributed by atoms with Gasteiger partial charge in [-0.2, -0.15) is 0 Å². The van der Waals surface area contributed by atoms with Crippen molar-refractivity contribution in [3.05, 3.63) is 61.2 Å². The molecule has 1 aromatic carbocycles. The van der Waals surface area contributed by atoms with Gasteiger partial charge in [0.2, 0.25) is 17.7 Å². The summed E-state index contributed by atoms with van der Waals surface area (Å²) >= 11 is 3.67. The number of esters is 1. The van der Waals surface area contributed by atoms with E-state index in [1.165, 1.54) is 4.90 Å². The number of alkyl halides is 1. The van der Waals surface area contributed by atoms with E-state index in [9.17, 15) is 24.3 Å². The SMILES string of the molecule is C=CCCC(=O)NC[C@H](C)OC(=O)[C@@H]1[C@H]2O[C@@]3(CC2Br)[C@H](C(=O)N(CC=C)Cc2ccccc2)N([C@@H](CC)CO)C(=O)[C@@H]13. The number of ether oxygens (including phenoxy) is 2. The number of carbonyl (C=O) groups excluding carboxylic acids is 4. The number of halogens is 1. The maximum Gasteiger partial charge on any atom is 0.312 e. The van der Waals surface area contributed by atoms with E-state index >= 15 is 0 Å². The van der Waals surface area contributed by atoms with E-state index in [-0.39, 0.29) is 42.8 Å². The van der Waals surface area contributed by atoms with Crippen LogP contribution in [0.3, 0.4) is 0 Å². The molecular formula is C32H42BrN3O7. The molecule has 4 rings (SSSR count). The largest absolute Gasteiger partial charge is 0.460 e. The first kappa shape index (κ1) is 32.9. The Morgan fingerprint density at radius 1 is 1.28 bits per heavy atom. The van der Waals surface area contributed by atoms with Gasteiger partial charge in [0.1, 0.15) is 17.7 Å². The third-order valence-corrected chi connectivity index (χ3v) is 9.51. The van der Waals surface area contributed by atoms with Crippen molar-refractivity contribution in [2.24, 2.45) is 11.8 Å². The fourth-order valence-electron chi connectivity index (χ4n) is 6.69. The monoisotopic (exact) mass is 659 g/mol. The second-order valence-electron chi connectivity index (χ2n) is 11.5. The van der Waals surface area contributed by atoms with Gasteiger partial charge in [0, 0.05) is 24.3 Å². The molecule has 3 heterocycles. The molecule has 0 radical (unpaired) electrons. The Kier molecular flexibility index (Phi) is 10.8. The normalized spacial score (nSPS) is 28.6. The molecule has 3 fully saturated rings. The van der Waals surface area contributed by atoms with Crippen molar-refractivity contribution in [2.45, 2.75) is 80.8 Å². The predicted octanol–water partition coefficient (Wildman–Crippen LogP) is 2.73. The number of amides is 3. The van der Waals surface area contributed by atoms with Gasteiger partial charge >= 0.3 is 5.97 Å². The Morgan fingerprint density at radius 3 is 2.63 bits per heavy atom. The highest BCUT2D eigenvalue weighted by Gasteiger charge is 2.77. The lowest BCUT2D eigenvalue weighted by atomic mass is 9.70. The van der Waals surface area contributed by atoms with Crippen molar-refractivity contribution in [3.63, 3.8) is 0 Å². The third kappa shape index (κ3) is 6.44. The van der Waals surface area contributed by atoms with Crippen LogP contribution in [0.25, 0.3) is 0 Å². The Morgan fingerprint density at radius 2 is 2.00 bits per heavy atom. The highest BCUT2D eigenvalue weighted by molar-refractivity contribution is 9.09. The topological polar surface area (TPSA) is 125 Å². The molecule has 0 saturated carbocycles. The fourth-order valence-corrected chi connectivity index (χ4v) is 7.63. The van der Waals surface area contributed by atoms with Crippen LogP contribution in [0.1, 0.15) is 45.1 Å². The van der Waals surface area contributed by atoms with Crippen molar-refractivity contribution < 1.29 is 33.8 Å². The van der Waals surface area contributed by atoms with Crippen LogP contribution in [0.15, 0.2) is 55.6 Å². The van der Waals surface area contributed by atoms with Crippen LogP contribution in [0.2, 0.25) is 0 Å². The summed E-state index contributed by atoms with van der Waals surface area (Å²) in [7, 11) is 0. The number of hydrogen-bond acceptors (Lipinski definition) is 7. The van der Waals surface area contributed by atoms with Crippen molar-refractivity contribution >= 4 is 39.6 Å². The van der Waals surface area contributed by atoms with Crippen molar-refractivity contribution in [2.75, 3.05) is 19.7 Å². The number of carbonyl (C=O) groups is 4. The summed E-state index contributed by atoms with van der Waals surface area (Å²) < 4.78 is 12.3. The van der Waals surface area contributed by atoms with E-state index in [0.29, 0.717) is 25.8 Å². The van der Waals surface area contributed by atoms with E-state index in [1.54, 1.807) is 24.0 Å². The van der Waals surface area contributed by atoms with Crippen molar-refractivity contribution in [3.8, 4) is 0 Å². The minimum absolute atomic E-state index is 0.118. The second-order valence-corrected chi connectivity index (χ2v) is 12.7. The standard InChI is InChI=1S/C32H42BrN3O7/c1-5-8-14-24(38)34-17-20(4)42-31(41)25-26-29(39)36(22(7-3)19-37)28(32(26)16-23(33)27(25)43-32)30(40)35(15-6-2)18-21-12-10-9-11-13-21/h5-6,9-13,20,22-23,25-28,37H,1-2,7-8,14-19H2,3-4H3,(H,34,38)/t20-,22-,23?,25-,26+,27-,28-,32+/m0/s1. The summed E-state index contributed by atoms with van der Waals surface area (Å²) in [5.41, 5.74) is -0.365. The fraction of sp³-hybridized carbons (Fsp3) is 0.562. The van der Waals surface area contributed by atoms with Crippen LogP contribution in [-0.2, 0) is 35.2 Å². The molecule has 0 aliphatic carbocycles. The zero-order valence-electron chi connectivity index (χ0n) is 24.8. The maximum absolute atomic E-state index is 14.5. The van der Waals surface area contributed by atoms with Gasteiger partial charge < -0.3 is 29.7 Å². The van der Waals surface area contributed by atoms with Crippen molar-refractivity contribution in [1.82, 2.24) is 15.1 Å². The third-order valence-electron chi connectivity index (χ3n) is 8.67. The Hall–Kier alpha value is -3.02. The molecule has 3 aliphatic heterocycles. The molecule has 3 amide bonds. The summed E-state index contributed by atoms with van der Waals surface area (Å²) in [4.78, 5) is 57.3. The number of aliphatic hydroxyl groups is 1. The molecule has 1 aromatic rings. The molecule has 3 aliphatic rings. The number of rotatable bonds is 15. The van der Waals surface area contributed by atoms with Gasteiger partial charge in [-0.15, -0.1) is 13.2 Å². The highest BCUT2D eigenvalue weighted by atomic mass is 79.9. The Labute approximate surface area is 261 Å². The molecular weight excluding hydrogens is 618 g/mol. The molecule has 0 aromatic heterocycles. The lowest BCUT2D eigenvalue weighted by Gasteiger charge is -2.39. The van der Waals surface area contributed by atoms with E-state index in [2.05, 4.69) is 34.4 Å². The molecule has 3 saturated heterocycles. The molecule has 8 atom stereocenters. The van der Waals surface area contributed by atoms with Crippen molar-refractivity contribution in [1.29, 1.82) is 0 Å². The number of nitrogens with one attached hydrogen (secondary N) is 1. The van der Waals surface area contributed by atoms with E-state index in [0.717, 1.165) is 5.56 Å².